The molecule has 3 N–H and O–H groups in total. The Morgan fingerprint density at radius 2 is 1.90 bits per heavy atom. The molecule has 1 rings (SSSR count). The molecule has 1 amide bonds. The van der Waals surface area contributed by atoms with Crippen LogP contribution in [0.15, 0.2) is 24.3 Å². The van der Waals surface area contributed by atoms with Crippen LogP contribution >= 0.6 is 0 Å². The molecule has 4 nitrogen and oxygen atoms in total. The number of hydrogen-bond donors (Lipinski definition) is 2. The largest absolute Gasteiger partial charge is 0.329 e. The molecule has 0 aliphatic heterocycles. The first-order chi connectivity index (χ1) is 9.39. The second-order valence-corrected chi connectivity index (χ2v) is 5.85. The Hall–Kier alpha value is -1.39. The van der Waals surface area contributed by atoms with Crippen LogP contribution in [0.4, 0.5) is 5.69 Å². The maximum atomic E-state index is 12.2. The molecule has 0 saturated heterocycles. The Balaban J connectivity index is 2.64. The van der Waals surface area contributed by atoms with Gasteiger partial charge in [0, 0.05) is 17.8 Å². The lowest BCUT2D eigenvalue weighted by Crippen LogP contribution is -2.52. The molecule has 0 bridgehead atoms. The molecular formula is C16H27N3O. The van der Waals surface area contributed by atoms with Crippen molar-refractivity contribution in [2.75, 3.05) is 25.0 Å². The van der Waals surface area contributed by atoms with E-state index in [0.717, 1.165) is 18.7 Å². The molecule has 0 fully saturated rings. The van der Waals surface area contributed by atoms with E-state index in [4.69, 9.17) is 5.73 Å². The Labute approximate surface area is 122 Å². The van der Waals surface area contributed by atoms with Crippen LogP contribution < -0.4 is 11.1 Å². The van der Waals surface area contributed by atoms with Crippen molar-refractivity contribution in [3.05, 3.63) is 29.8 Å². The van der Waals surface area contributed by atoms with E-state index < -0.39 is 0 Å². The molecule has 0 spiro atoms. The number of benzene rings is 1. The first kappa shape index (κ1) is 16.7. The Bertz CT molecular complexity index is 426. The second kappa shape index (κ2) is 7.41. The van der Waals surface area contributed by atoms with Crippen LogP contribution in [-0.4, -0.2) is 36.0 Å². The van der Waals surface area contributed by atoms with Gasteiger partial charge in [0.05, 0.1) is 6.54 Å². The van der Waals surface area contributed by atoms with Gasteiger partial charge in [-0.25, -0.2) is 0 Å². The molecule has 0 aliphatic rings. The first-order valence-corrected chi connectivity index (χ1v) is 7.20. The van der Waals surface area contributed by atoms with Crippen molar-refractivity contribution < 1.29 is 4.79 Å². The van der Waals surface area contributed by atoms with E-state index in [1.54, 1.807) is 0 Å². The number of nitrogens with zero attached hydrogens (tertiary/aromatic N) is 1. The molecule has 1 aromatic rings. The minimum atomic E-state index is -0.166. The van der Waals surface area contributed by atoms with Crippen LogP contribution in [0, 0.1) is 6.92 Å². The van der Waals surface area contributed by atoms with Crippen molar-refractivity contribution in [1.82, 2.24) is 4.90 Å². The van der Waals surface area contributed by atoms with Crippen LogP contribution in [0.25, 0.3) is 0 Å². The molecule has 1 aromatic carbocycles. The Morgan fingerprint density at radius 1 is 1.30 bits per heavy atom. The highest BCUT2D eigenvalue weighted by Gasteiger charge is 2.26. The van der Waals surface area contributed by atoms with Crippen molar-refractivity contribution in [2.45, 2.75) is 39.7 Å². The van der Waals surface area contributed by atoms with Gasteiger partial charge in [-0.2, -0.15) is 0 Å². The van der Waals surface area contributed by atoms with Gasteiger partial charge in [-0.15, -0.1) is 0 Å². The van der Waals surface area contributed by atoms with Gasteiger partial charge in [-0.1, -0.05) is 24.6 Å². The average molecular weight is 277 g/mol. The zero-order valence-electron chi connectivity index (χ0n) is 13.1. The van der Waals surface area contributed by atoms with Crippen LogP contribution in [0.1, 0.15) is 32.8 Å². The highest BCUT2D eigenvalue weighted by atomic mass is 16.2. The fourth-order valence-electron chi connectivity index (χ4n) is 2.01. The van der Waals surface area contributed by atoms with Crippen molar-refractivity contribution in [3.63, 3.8) is 0 Å². The molecule has 112 valence electrons. The van der Waals surface area contributed by atoms with Gasteiger partial charge in [0.2, 0.25) is 5.91 Å². The fraction of sp³-hybridized carbons (Fsp3) is 0.562. The molecule has 20 heavy (non-hydrogen) atoms. The number of anilines is 1. The van der Waals surface area contributed by atoms with E-state index in [9.17, 15) is 4.79 Å². The van der Waals surface area contributed by atoms with E-state index in [1.807, 2.05) is 31.2 Å². The van der Waals surface area contributed by atoms with E-state index in [2.05, 4.69) is 31.0 Å². The molecule has 4 heteroatoms. The lowest BCUT2D eigenvalue weighted by molar-refractivity contribution is -0.118. The van der Waals surface area contributed by atoms with Crippen LogP contribution in [0.3, 0.4) is 0 Å². The molecule has 0 saturated carbocycles. The monoisotopic (exact) mass is 277 g/mol. The molecule has 0 unspecified atom stereocenters. The predicted octanol–water partition coefficient (Wildman–Crippen LogP) is 2.38. The number of nitrogens with two attached hydrogens (primary N) is 1. The van der Waals surface area contributed by atoms with E-state index >= 15 is 0 Å². The summed E-state index contributed by atoms with van der Waals surface area (Å²) in [6.07, 6.45) is 1.00. The van der Waals surface area contributed by atoms with Gasteiger partial charge in [0.1, 0.15) is 0 Å². The topological polar surface area (TPSA) is 58.4 Å². The number of aryl methyl sites for hydroxylation is 1. The summed E-state index contributed by atoms with van der Waals surface area (Å²) in [6, 6.07) is 7.82. The van der Waals surface area contributed by atoms with E-state index in [-0.39, 0.29) is 11.4 Å². The maximum absolute atomic E-state index is 12.2. The summed E-state index contributed by atoms with van der Waals surface area (Å²) in [5.74, 6) is 0.00354. The first-order valence-electron chi connectivity index (χ1n) is 7.20. The highest BCUT2D eigenvalue weighted by molar-refractivity contribution is 5.92. The van der Waals surface area contributed by atoms with Gasteiger partial charge in [-0.05, 0) is 45.9 Å². The minimum absolute atomic E-state index is 0.00354. The minimum Gasteiger partial charge on any atom is -0.329 e. The normalized spacial score (nSPS) is 11.7. The van der Waals surface area contributed by atoms with Gasteiger partial charge in [-0.3, -0.25) is 9.69 Å². The van der Waals surface area contributed by atoms with Gasteiger partial charge in [0.25, 0.3) is 0 Å². The van der Waals surface area contributed by atoms with Crippen molar-refractivity contribution in [2.24, 2.45) is 5.73 Å². The highest BCUT2D eigenvalue weighted by Crippen LogP contribution is 2.14. The maximum Gasteiger partial charge on any atom is 0.238 e. The summed E-state index contributed by atoms with van der Waals surface area (Å²) in [4.78, 5) is 14.3. The number of rotatable bonds is 7. The average Bonchev–Trinajstić information content (AvgIpc) is 2.41. The van der Waals surface area contributed by atoms with E-state index in [0.29, 0.717) is 13.1 Å². The summed E-state index contributed by atoms with van der Waals surface area (Å²) in [5.41, 5.74) is 7.66. The fourth-order valence-corrected chi connectivity index (χ4v) is 2.01. The SMILES string of the molecule is CCCN(CC(=O)Nc1ccc(C)cc1)C(C)(C)CN. The third-order valence-electron chi connectivity index (χ3n) is 3.52. The molecule has 0 aliphatic carbocycles. The van der Waals surface area contributed by atoms with E-state index in [1.165, 1.54) is 5.56 Å². The summed E-state index contributed by atoms with van der Waals surface area (Å²) >= 11 is 0. The number of carbonyl (C=O) groups excluding carboxylic acids is 1. The molecule has 0 heterocycles. The van der Waals surface area contributed by atoms with Gasteiger partial charge >= 0.3 is 0 Å². The second-order valence-electron chi connectivity index (χ2n) is 5.85. The van der Waals surface area contributed by atoms with Crippen LogP contribution in [0.2, 0.25) is 0 Å². The Morgan fingerprint density at radius 3 is 2.40 bits per heavy atom. The van der Waals surface area contributed by atoms with Crippen molar-refractivity contribution >= 4 is 11.6 Å². The zero-order valence-corrected chi connectivity index (χ0v) is 13.1. The van der Waals surface area contributed by atoms with Crippen LogP contribution in [-0.2, 0) is 4.79 Å². The zero-order chi connectivity index (χ0) is 15.2. The quantitative estimate of drug-likeness (QED) is 0.804. The van der Waals surface area contributed by atoms with Crippen LogP contribution in [0.5, 0.6) is 0 Å². The third-order valence-corrected chi connectivity index (χ3v) is 3.52. The lowest BCUT2D eigenvalue weighted by atomic mass is 10.0. The number of amides is 1. The molecule has 0 aromatic heterocycles. The Kier molecular flexibility index (Phi) is 6.17. The lowest BCUT2D eigenvalue weighted by Gasteiger charge is -2.37. The number of nitrogens with one attached hydrogen (secondary N) is 1. The van der Waals surface area contributed by atoms with Gasteiger partial charge in [0.15, 0.2) is 0 Å². The predicted molar refractivity (Wildman–Crippen MR) is 84.8 cm³/mol. The molecule has 0 atom stereocenters. The summed E-state index contributed by atoms with van der Waals surface area (Å²) in [5, 5.41) is 2.93. The molecule has 0 radical (unpaired) electrons. The van der Waals surface area contributed by atoms with Crippen molar-refractivity contribution in [1.29, 1.82) is 0 Å². The number of carbonyl (C=O) groups is 1. The number of hydrogen-bond acceptors (Lipinski definition) is 3. The standard InChI is InChI=1S/C16H27N3O/c1-5-10-19(16(3,4)12-17)11-15(20)18-14-8-6-13(2)7-9-14/h6-9H,5,10-12,17H2,1-4H3,(H,18,20). The third kappa shape index (κ3) is 4.94. The molecular weight excluding hydrogens is 250 g/mol. The van der Waals surface area contributed by atoms with Gasteiger partial charge < -0.3 is 11.1 Å². The smallest absolute Gasteiger partial charge is 0.238 e. The van der Waals surface area contributed by atoms with Crippen molar-refractivity contribution in [3.8, 4) is 0 Å². The summed E-state index contributed by atoms with van der Waals surface area (Å²) in [7, 11) is 0. The summed E-state index contributed by atoms with van der Waals surface area (Å²) in [6.45, 7) is 10.0. The summed E-state index contributed by atoms with van der Waals surface area (Å²) < 4.78 is 0.